The van der Waals surface area contributed by atoms with Gasteiger partial charge in [0.25, 0.3) is 10.1 Å². The molecule has 0 aliphatic heterocycles. The molecular weight excluding hydrogens is 208 g/mol. The van der Waals surface area contributed by atoms with E-state index in [-0.39, 0.29) is 6.42 Å². The molecule has 13 heavy (non-hydrogen) atoms. The predicted molar refractivity (Wildman–Crippen MR) is 53.5 cm³/mol. The lowest BCUT2D eigenvalue weighted by molar-refractivity contribution is -0.107. The van der Waals surface area contributed by atoms with Crippen molar-refractivity contribution in [3.05, 3.63) is 0 Å². The number of aldehydes is 1. The Balaban J connectivity index is 4.67. The Morgan fingerprint density at radius 1 is 1.38 bits per heavy atom. The van der Waals surface area contributed by atoms with E-state index in [1.54, 1.807) is 26.6 Å². The normalized spacial score (nSPS) is 15.4. The Labute approximate surface area is 80.5 Å². The lowest BCUT2D eigenvalue weighted by Gasteiger charge is -2.19. The average molecular weight is 224 g/mol. The number of carbonyl (C=O) groups is 1. The molecule has 0 heterocycles. The van der Waals surface area contributed by atoms with Gasteiger partial charge in [-0.05, 0) is 26.1 Å². The van der Waals surface area contributed by atoms with Crippen LogP contribution in [0, 0.1) is 0 Å². The summed E-state index contributed by atoms with van der Waals surface area (Å²) in [6.45, 7) is 6.94. The molecule has 0 spiro atoms. The molecule has 0 rings (SSSR count). The molecule has 1 atom stereocenters. The van der Waals surface area contributed by atoms with Crippen LogP contribution >= 0.6 is 0 Å². The third-order valence-electron chi connectivity index (χ3n) is 1.29. The first kappa shape index (κ1) is 12.8. The standard InChI is InChI=1S/C7H16O4SSi/c1-5-7(6-8)12(9,10)11-13(2,3)4/h6-7H,5H2,1-4H3. The molecule has 78 valence electrons. The van der Waals surface area contributed by atoms with Gasteiger partial charge in [-0.1, -0.05) is 6.92 Å². The van der Waals surface area contributed by atoms with Gasteiger partial charge < -0.3 is 8.67 Å². The second-order valence-electron chi connectivity index (χ2n) is 3.77. The van der Waals surface area contributed by atoms with E-state index in [9.17, 15) is 13.2 Å². The fourth-order valence-corrected chi connectivity index (χ4v) is 4.61. The predicted octanol–water partition coefficient (Wildman–Crippen LogP) is 1.15. The fourth-order valence-electron chi connectivity index (χ4n) is 0.779. The number of hydrogen-bond donors (Lipinski definition) is 0. The van der Waals surface area contributed by atoms with Gasteiger partial charge in [-0.25, -0.2) is 0 Å². The first-order valence-electron chi connectivity index (χ1n) is 4.12. The molecular formula is C7H16O4SSi. The molecule has 0 aromatic carbocycles. The molecule has 0 bridgehead atoms. The first-order chi connectivity index (χ1) is 5.73. The van der Waals surface area contributed by atoms with E-state index < -0.39 is 23.7 Å². The summed E-state index contributed by atoms with van der Waals surface area (Å²) in [5.74, 6) is 0. The Morgan fingerprint density at radius 3 is 2.08 bits per heavy atom. The van der Waals surface area contributed by atoms with Gasteiger partial charge >= 0.3 is 0 Å². The minimum absolute atomic E-state index is 0.260. The maximum absolute atomic E-state index is 11.4. The molecule has 0 amide bonds. The molecule has 0 N–H and O–H groups in total. The highest BCUT2D eigenvalue weighted by molar-refractivity contribution is 7.89. The zero-order chi connectivity index (χ0) is 10.7. The van der Waals surface area contributed by atoms with Gasteiger partial charge in [0.1, 0.15) is 11.5 Å². The van der Waals surface area contributed by atoms with E-state index in [2.05, 4.69) is 0 Å². The summed E-state index contributed by atoms with van der Waals surface area (Å²) in [5, 5.41) is -1.01. The van der Waals surface area contributed by atoms with Crippen molar-refractivity contribution < 1.29 is 17.1 Å². The van der Waals surface area contributed by atoms with Gasteiger partial charge in [0.2, 0.25) is 8.32 Å². The average Bonchev–Trinajstić information content (AvgIpc) is 1.83. The monoisotopic (exact) mass is 224 g/mol. The summed E-state index contributed by atoms with van der Waals surface area (Å²) < 4.78 is 27.7. The summed E-state index contributed by atoms with van der Waals surface area (Å²) >= 11 is 0. The number of hydrogen-bond acceptors (Lipinski definition) is 4. The highest BCUT2D eigenvalue weighted by Crippen LogP contribution is 2.13. The second-order valence-corrected chi connectivity index (χ2v) is 10.3. The van der Waals surface area contributed by atoms with E-state index in [0.29, 0.717) is 6.29 Å². The maximum atomic E-state index is 11.4. The van der Waals surface area contributed by atoms with Gasteiger partial charge in [0.05, 0.1) is 0 Å². The molecule has 4 nitrogen and oxygen atoms in total. The molecule has 0 aliphatic rings. The molecule has 0 aromatic heterocycles. The number of rotatable bonds is 5. The summed E-state index contributed by atoms with van der Waals surface area (Å²) in [6, 6.07) is 0. The third kappa shape index (κ3) is 4.54. The topological polar surface area (TPSA) is 60.4 Å². The van der Waals surface area contributed by atoms with Crippen LogP contribution in [-0.2, 0) is 18.8 Å². The molecule has 0 aliphatic carbocycles. The number of carbonyl (C=O) groups excluding carboxylic acids is 1. The zero-order valence-electron chi connectivity index (χ0n) is 8.40. The second kappa shape index (κ2) is 4.34. The van der Waals surface area contributed by atoms with Crippen LogP contribution in [0.5, 0.6) is 0 Å². The van der Waals surface area contributed by atoms with Gasteiger partial charge in [-0.3, -0.25) is 0 Å². The SMILES string of the molecule is CCC(C=O)S(=O)(=O)O[Si](C)(C)C. The van der Waals surface area contributed by atoms with Gasteiger partial charge in [0.15, 0.2) is 0 Å². The summed E-state index contributed by atoms with van der Waals surface area (Å²) in [5.41, 5.74) is 0. The Hall–Kier alpha value is -0.203. The van der Waals surface area contributed by atoms with E-state index in [4.69, 9.17) is 3.87 Å². The van der Waals surface area contributed by atoms with Crippen LogP contribution in [0.2, 0.25) is 19.6 Å². The third-order valence-corrected chi connectivity index (χ3v) is 5.41. The van der Waals surface area contributed by atoms with E-state index in [1.807, 2.05) is 0 Å². The molecule has 1 unspecified atom stereocenters. The molecule has 0 radical (unpaired) electrons. The van der Waals surface area contributed by atoms with E-state index in [0.717, 1.165) is 0 Å². The quantitative estimate of drug-likeness (QED) is 0.519. The van der Waals surface area contributed by atoms with Gasteiger partial charge in [-0.15, -0.1) is 0 Å². The summed E-state index contributed by atoms with van der Waals surface area (Å²) in [6.07, 6.45) is 0.686. The highest BCUT2D eigenvalue weighted by atomic mass is 32.2. The van der Waals surface area contributed by atoms with Gasteiger partial charge in [-0.2, -0.15) is 8.42 Å². The van der Waals surface area contributed by atoms with Crippen LogP contribution in [0.4, 0.5) is 0 Å². The largest absolute Gasteiger partial charge is 0.315 e. The van der Waals surface area contributed by atoms with Crippen molar-refractivity contribution in [2.75, 3.05) is 0 Å². The van der Waals surface area contributed by atoms with Crippen molar-refractivity contribution in [2.24, 2.45) is 0 Å². The summed E-state index contributed by atoms with van der Waals surface area (Å²) in [7, 11) is -5.82. The van der Waals surface area contributed by atoms with Crippen LogP contribution in [0.25, 0.3) is 0 Å². The Kier molecular flexibility index (Phi) is 4.27. The van der Waals surface area contributed by atoms with Crippen LogP contribution in [0.3, 0.4) is 0 Å². The molecule has 0 aromatic rings. The van der Waals surface area contributed by atoms with Crippen molar-refractivity contribution in [1.29, 1.82) is 0 Å². The summed E-state index contributed by atoms with van der Waals surface area (Å²) in [4.78, 5) is 10.4. The Bertz CT molecular complexity index is 265. The highest BCUT2D eigenvalue weighted by Gasteiger charge is 2.30. The van der Waals surface area contributed by atoms with Crippen molar-refractivity contribution in [1.82, 2.24) is 0 Å². The van der Waals surface area contributed by atoms with Crippen LogP contribution in [0.15, 0.2) is 0 Å². The lowest BCUT2D eigenvalue weighted by atomic mass is 10.4. The maximum Gasteiger partial charge on any atom is 0.267 e. The van der Waals surface area contributed by atoms with Crippen molar-refractivity contribution in [3.63, 3.8) is 0 Å². The molecule has 0 saturated heterocycles. The molecule has 0 fully saturated rings. The van der Waals surface area contributed by atoms with Crippen LogP contribution in [-0.4, -0.2) is 28.3 Å². The molecule has 0 saturated carbocycles. The molecule has 6 heteroatoms. The van der Waals surface area contributed by atoms with Crippen molar-refractivity contribution >= 4 is 24.7 Å². The van der Waals surface area contributed by atoms with Crippen molar-refractivity contribution in [3.8, 4) is 0 Å². The Morgan fingerprint density at radius 2 is 1.85 bits per heavy atom. The van der Waals surface area contributed by atoms with E-state index in [1.165, 1.54) is 0 Å². The van der Waals surface area contributed by atoms with E-state index >= 15 is 0 Å². The van der Waals surface area contributed by atoms with Gasteiger partial charge in [0, 0.05) is 0 Å². The van der Waals surface area contributed by atoms with Crippen LogP contribution in [0.1, 0.15) is 13.3 Å². The first-order valence-corrected chi connectivity index (χ1v) is 9.00. The lowest BCUT2D eigenvalue weighted by Crippen LogP contribution is -2.35. The fraction of sp³-hybridized carbons (Fsp3) is 0.857. The van der Waals surface area contributed by atoms with Crippen LogP contribution < -0.4 is 0 Å². The smallest absolute Gasteiger partial charge is 0.267 e. The minimum atomic E-state index is -3.69. The zero-order valence-corrected chi connectivity index (χ0v) is 10.2. The minimum Gasteiger partial charge on any atom is -0.315 e. The van der Waals surface area contributed by atoms with Crippen molar-refractivity contribution in [2.45, 2.75) is 38.2 Å².